The van der Waals surface area contributed by atoms with Gasteiger partial charge in [0.2, 0.25) is 0 Å². The quantitative estimate of drug-likeness (QED) is 0.283. The van der Waals surface area contributed by atoms with E-state index in [1.807, 2.05) is 38.1 Å². The van der Waals surface area contributed by atoms with Crippen LogP contribution in [0.15, 0.2) is 77.7 Å². The van der Waals surface area contributed by atoms with Crippen molar-refractivity contribution in [2.45, 2.75) is 18.7 Å². The van der Waals surface area contributed by atoms with Crippen molar-refractivity contribution < 1.29 is 17.9 Å². The maximum atomic E-state index is 13.1. The molecule has 1 aromatic heterocycles. The van der Waals surface area contributed by atoms with Crippen LogP contribution in [-0.2, 0) is 10.0 Å². The van der Waals surface area contributed by atoms with Crippen LogP contribution >= 0.6 is 22.9 Å². The van der Waals surface area contributed by atoms with Gasteiger partial charge >= 0.3 is 0 Å². The maximum Gasteiger partial charge on any atom is 0.261 e. The Balaban J connectivity index is 1.54. The molecule has 3 aromatic carbocycles. The van der Waals surface area contributed by atoms with Gasteiger partial charge in [0, 0.05) is 15.5 Å². The molecular weight excluding hydrogens is 506 g/mol. The van der Waals surface area contributed by atoms with Gasteiger partial charge in [0.15, 0.2) is 5.13 Å². The molecule has 180 valence electrons. The summed E-state index contributed by atoms with van der Waals surface area (Å²) >= 11 is 7.20. The van der Waals surface area contributed by atoms with Gasteiger partial charge in [0.25, 0.3) is 15.9 Å². The van der Waals surface area contributed by atoms with E-state index in [1.54, 1.807) is 18.2 Å². The van der Waals surface area contributed by atoms with E-state index < -0.39 is 15.9 Å². The molecule has 35 heavy (non-hydrogen) atoms. The summed E-state index contributed by atoms with van der Waals surface area (Å²) in [6, 6.07) is 19.7. The first-order valence-corrected chi connectivity index (χ1v) is 13.3. The summed E-state index contributed by atoms with van der Waals surface area (Å²) in [6.07, 6.45) is 0. The van der Waals surface area contributed by atoms with Crippen molar-refractivity contribution in [3.8, 4) is 17.0 Å². The second kappa shape index (κ2) is 10.5. The number of ether oxygens (including phenoxy) is 1. The number of rotatable bonds is 8. The van der Waals surface area contributed by atoms with E-state index in [1.165, 1.54) is 41.7 Å². The molecule has 0 bridgehead atoms. The number of aromatic nitrogens is 1. The minimum atomic E-state index is -3.92. The normalized spacial score (nSPS) is 11.2. The van der Waals surface area contributed by atoms with E-state index in [2.05, 4.69) is 15.0 Å². The van der Waals surface area contributed by atoms with Crippen molar-refractivity contribution in [1.29, 1.82) is 0 Å². The number of aryl methyl sites for hydroxylation is 1. The Kier molecular flexibility index (Phi) is 7.39. The zero-order valence-corrected chi connectivity index (χ0v) is 21.3. The molecule has 0 saturated carbocycles. The SMILES string of the molecule is CCOc1ccc(-c2nc(NC(=O)c3ccccc3NS(=O)(=O)c3ccc(Cl)cc3)sc2C)cc1. The highest BCUT2D eigenvalue weighted by atomic mass is 35.5. The summed E-state index contributed by atoms with van der Waals surface area (Å²) in [7, 11) is -3.92. The number of benzene rings is 3. The number of sulfonamides is 1. The predicted octanol–water partition coefficient (Wildman–Crippen LogP) is 6.22. The lowest BCUT2D eigenvalue weighted by atomic mass is 10.1. The summed E-state index contributed by atoms with van der Waals surface area (Å²) in [5, 5.41) is 3.62. The van der Waals surface area contributed by atoms with E-state index in [0.29, 0.717) is 16.8 Å². The van der Waals surface area contributed by atoms with E-state index in [-0.39, 0.29) is 16.1 Å². The summed E-state index contributed by atoms with van der Waals surface area (Å²) in [4.78, 5) is 18.6. The number of halogens is 1. The Morgan fingerprint density at radius 3 is 2.40 bits per heavy atom. The number of hydrogen-bond donors (Lipinski definition) is 2. The Morgan fingerprint density at radius 2 is 1.71 bits per heavy atom. The summed E-state index contributed by atoms with van der Waals surface area (Å²) in [5.74, 6) is 0.293. The van der Waals surface area contributed by atoms with Crippen LogP contribution in [0, 0.1) is 6.92 Å². The first-order valence-electron chi connectivity index (χ1n) is 10.7. The molecule has 0 aliphatic carbocycles. The largest absolute Gasteiger partial charge is 0.494 e. The molecule has 0 unspecified atom stereocenters. The van der Waals surface area contributed by atoms with Crippen molar-refractivity contribution in [1.82, 2.24) is 4.98 Å². The number of hydrogen-bond acceptors (Lipinski definition) is 6. The van der Waals surface area contributed by atoms with Crippen molar-refractivity contribution in [2.75, 3.05) is 16.6 Å². The van der Waals surface area contributed by atoms with Crippen molar-refractivity contribution in [2.24, 2.45) is 0 Å². The van der Waals surface area contributed by atoms with Gasteiger partial charge in [-0.3, -0.25) is 14.8 Å². The van der Waals surface area contributed by atoms with Crippen LogP contribution in [0.1, 0.15) is 22.2 Å². The zero-order chi connectivity index (χ0) is 25.0. The molecule has 0 fully saturated rings. The van der Waals surface area contributed by atoms with E-state index in [0.717, 1.165) is 21.9 Å². The highest BCUT2D eigenvalue weighted by molar-refractivity contribution is 7.92. The fourth-order valence-electron chi connectivity index (χ4n) is 3.35. The van der Waals surface area contributed by atoms with Crippen molar-refractivity contribution in [3.63, 3.8) is 0 Å². The van der Waals surface area contributed by atoms with Crippen LogP contribution in [0.2, 0.25) is 5.02 Å². The van der Waals surface area contributed by atoms with Crippen molar-refractivity contribution >= 4 is 49.7 Å². The van der Waals surface area contributed by atoms with Crippen LogP contribution in [-0.4, -0.2) is 25.9 Å². The lowest BCUT2D eigenvalue weighted by molar-refractivity contribution is 0.102. The average Bonchev–Trinajstić information content (AvgIpc) is 3.20. The molecule has 1 heterocycles. The average molecular weight is 528 g/mol. The molecule has 0 aliphatic rings. The first kappa shape index (κ1) is 24.7. The number of nitrogens with zero attached hydrogens (tertiary/aromatic N) is 1. The fraction of sp³-hybridized carbons (Fsp3) is 0.120. The smallest absolute Gasteiger partial charge is 0.261 e. The predicted molar refractivity (Wildman–Crippen MR) is 140 cm³/mol. The third-order valence-corrected chi connectivity index (χ3v) is 7.52. The van der Waals surface area contributed by atoms with Gasteiger partial charge in [-0.1, -0.05) is 23.7 Å². The number of nitrogens with one attached hydrogen (secondary N) is 2. The molecule has 0 saturated heterocycles. The second-order valence-corrected chi connectivity index (χ2v) is 10.8. The van der Waals surface area contributed by atoms with Gasteiger partial charge < -0.3 is 4.74 Å². The van der Waals surface area contributed by atoms with E-state index >= 15 is 0 Å². The fourth-order valence-corrected chi connectivity index (χ4v) is 5.38. The summed E-state index contributed by atoms with van der Waals surface area (Å²) in [6.45, 7) is 4.43. The Hall–Kier alpha value is -3.40. The van der Waals surface area contributed by atoms with Gasteiger partial charge in [-0.2, -0.15) is 0 Å². The van der Waals surface area contributed by atoms with Crippen LogP contribution in [0.3, 0.4) is 0 Å². The molecule has 7 nitrogen and oxygen atoms in total. The number of carbonyl (C=O) groups is 1. The van der Waals surface area contributed by atoms with Gasteiger partial charge in [-0.15, -0.1) is 11.3 Å². The number of para-hydroxylation sites is 1. The molecule has 1 amide bonds. The first-order chi connectivity index (χ1) is 16.8. The summed E-state index contributed by atoms with van der Waals surface area (Å²) in [5.41, 5.74) is 1.98. The summed E-state index contributed by atoms with van der Waals surface area (Å²) < 4.78 is 33.6. The molecular formula is C25H22ClN3O4S2. The minimum absolute atomic E-state index is 0.0349. The highest BCUT2D eigenvalue weighted by Gasteiger charge is 2.20. The molecule has 2 N–H and O–H groups in total. The lowest BCUT2D eigenvalue weighted by Crippen LogP contribution is -2.18. The molecule has 0 radical (unpaired) electrons. The topological polar surface area (TPSA) is 97.4 Å². The van der Waals surface area contributed by atoms with Crippen LogP contribution in [0.25, 0.3) is 11.3 Å². The van der Waals surface area contributed by atoms with Crippen LogP contribution in [0.4, 0.5) is 10.8 Å². The Bertz CT molecular complexity index is 1450. The maximum absolute atomic E-state index is 13.1. The van der Waals surface area contributed by atoms with Crippen LogP contribution < -0.4 is 14.8 Å². The highest BCUT2D eigenvalue weighted by Crippen LogP contribution is 2.32. The van der Waals surface area contributed by atoms with Crippen LogP contribution in [0.5, 0.6) is 5.75 Å². The molecule has 10 heteroatoms. The standard InChI is InChI=1S/C25H22ClN3O4S2/c1-3-33-19-12-8-17(9-13-19)23-16(2)34-25(27-23)28-24(30)21-6-4-5-7-22(21)29-35(31,32)20-14-10-18(26)11-15-20/h4-15,29H,3H2,1-2H3,(H,27,28,30). The zero-order valence-electron chi connectivity index (χ0n) is 18.9. The van der Waals surface area contributed by atoms with E-state index in [9.17, 15) is 13.2 Å². The Morgan fingerprint density at radius 1 is 1.03 bits per heavy atom. The second-order valence-electron chi connectivity index (χ2n) is 7.44. The molecule has 0 spiro atoms. The molecule has 4 aromatic rings. The Labute approximate surface area is 212 Å². The van der Waals surface area contributed by atoms with E-state index in [4.69, 9.17) is 16.3 Å². The third-order valence-electron chi connectivity index (χ3n) is 5.00. The number of anilines is 2. The lowest BCUT2D eigenvalue weighted by Gasteiger charge is -2.12. The van der Waals surface area contributed by atoms with Gasteiger partial charge in [0.1, 0.15) is 5.75 Å². The van der Waals surface area contributed by atoms with Gasteiger partial charge in [-0.25, -0.2) is 13.4 Å². The monoisotopic (exact) mass is 527 g/mol. The number of carbonyl (C=O) groups excluding carboxylic acids is 1. The van der Waals surface area contributed by atoms with Gasteiger partial charge in [-0.05, 0) is 74.5 Å². The van der Waals surface area contributed by atoms with Gasteiger partial charge in [0.05, 0.1) is 28.4 Å². The molecule has 4 rings (SSSR count). The third kappa shape index (κ3) is 5.82. The molecule has 0 atom stereocenters. The minimum Gasteiger partial charge on any atom is -0.494 e. The van der Waals surface area contributed by atoms with Crippen molar-refractivity contribution in [3.05, 3.63) is 88.3 Å². The number of thiazole rings is 1. The number of amides is 1. The molecule has 0 aliphatic heterocycles.